The molecular formula is C20H19N3OS. The van der Waals surface area contributed by atoms with Gasteiger partial charge in [0, 0.05) is 16.0 Å². The lowest BCUT2D eigenvalue weighted by Crippen LogP contribution is -2.19. The van der Waals surface area contributed by atoms with Crippen molar-refractivity contribution >= 4 is 33.9 Å². The number of hydrazone groups is 1. The largest absolute Gasteiger partial charge is 0.272 e. The van der Waals surface area contributed by atoms with Crippen LogP contribution in [0.3, 0.4) is 0 Å². The summed E-state index contributed by atoms with van der Waals surface area (Å²) < 4.78 is 0. The van der Waals surface area contributed by atoms with Crippen LogP contribution in [0.5, 0.6) is 0 Å². The van der Waals surface area contributed by atoms with Crippen molar-refractivity contribution in [3.8, 4) is 10.6 Å². The van der Waals surface area contributed by atoms with Gasteiger partial charge < -0.3 is 0 Å². The SMILES string of the molecule is Cc1ccc(-c2cc(C(=O)NN=C3CCCC3)c3ccccc3n2)s1. The molecule has 1 saturated carbocycles. The molecule has 0 spiro atoms. The summed E-state index contributed by atoms with van der Waals surface area (Å²) in [6.07, 6.45) is 4.29. The molecule has 126 valence electrons. The highest BCUT2D eigenvalue weighted by Crippen LogP contribution is 2.29. The van der Waals surface area contributed by atoms with E-state index in [-0.39, 0.29) is 5.91 Å². The Balaban J connectivity index is 1.75. The third kappa shape index (κ3) is 3.33. The molecule has 5 heteroatoms. The van der Waals surface area contributed by atoms with Crippen LogP contribution >= 0.6 is 11.3 Å². The summed E-state index contributed by atoms with van der Waals surface area (Å²) >= 11 is 1.68. The van der Waals surface area contributed by atoms with Gasteiger partial charge in [0.15, 0.2) is 0 Å². The van der Waals surface area contributed by atoms with Gasteiger partial charge in [-0.05, 0) is 56.9 Å². The summed E-state index contributed by atoms with van der Waals surface area (Å²) in [5.74, 6) is -0.174. The van der Waals surface area contributed by atoms with Crippen molar-refractivity contribution < 1.29 is 4.79 Å². The number of pyridine rings is 1. The van der Waals surface area contributed by atoms with Gasteiger partial charge in [-0.2, -0.15) is 5.10 Å². The lowest BCUT2D eigenvalue weighted by atomic mass is 10.1. The monoisotopic (exact) mass is 349 g/mol. The van der Waals surface area contributed by atoms with Crippen molar-refractivity contribution in [3.05, 3.63) is 52.9 Å². The Labute approximate surface area is 150 Å². The summed E-state index contributed by atoms with van der Waals surface area (Å²) in [5, 5.41) is 5.16. The number of carbonyl (C=O) groups excluding carboxylic acids is 1. The first-order valence-electron chi connectivity index (χ1n) is 8.53. The van der Waals surface area contributed by atoms with E-state index in [9.17, 15) is 4.79 Å². The summed E-state index contributed by atoms with van der Waals surface area (Å²) in [6.45, 7) is 2.07. The molecule has 0 saturated heterocycles. The normalized spacial score (nSPS) is 14.0. The minimum Gasteiger partial charge on any atom is -0.267 e. The van der Waals surface area contributed by atoms with Gasteiger partial charge in [0.05, 0.1) is 21.7 Å². The van der Waals surface area contributed by atoms with Crippen molar-refractivity contribution in [2.24, 2.45) is 5.10 Å². The van der Waals surface area contributed by atoms with Gasteiger partial charge in [-0.1, -0.05) is 18.2 Å². The predicted molar refractivity (Wildman–Crippen MR) is 103 cm³/mol. The fraction of sp³-hybridized carbons (Fsp3) is 0.250. The van der Waals surface area contributed by atoms with Crippen molar-refractivity contribution in [3.63, 3.8) is 0 Å². The molecule has 2 aromatic heterocycles. The number of thiophene rings is 1. The molecule has 1 aliphatic carbocycles. The number of nitrogens with zero attached hydrogens (tertiary/aromatic N) is 2. The van der Waals surface area contributed by atoms with Gasteiger partial charge in [0.2, 0.25) is 0 Å². The number of aryl methyl sites for hydroxylation is 1. The van der Waals surface area contributed by atoms with E-state index >= 15 is 0 Å². The third-order valence-corrected chi connectivity index (χ3v) is 5.47. The van der Waals surface area contributed by atoms with Crippen LogP contribution in [0.4, 0.5) is 0 Å². The van der Waals surface area contributed by atoms with E-state index in [1.165, 1.54) is 4.88 Å². The van der Waals surface area contributed by atoms with Crippen LogP contribution in [-0.4, -0.2) is 16.6 Å². The lowest BCUT2D eigenvalue weighted by molar-refractivity contribution is 0.0956. The van der Waals surface area contributed by atoms with Crippen LogP contribution < -0.4 is 5.43 Å². The molecule has 4 nitrogen and oxygen atoms in total. The first-order valence-corrected chi connectivity index (χ1v) is 9.35. The second kappa shape index (κ2) is 6.76. The molecule has 0 unspecified atom stereocenters. The Hall–Kier alpha value is -2.53. The Morgan fingerprint density at radius 1 is 1.16 bits per heavy atom. The lowest BCUT2D eigenvalue weighted by Gasteiger charge is -2.08. The summed E-state index contributed by atoms with van der Waals surface area (Å²) in [6, 6.07) is 13.7. The molecule has 1 N–H and O–H groups in total. The zero-order valence-electron chi connectivity index (χ0n) is 14.1. The molecule has 4 rings (SSSR count). The quantitative estimate of drug-likeness (QED) is 0.682. The average molecular weight is 349 g/mol. The molecule has 1 fully saturated rings. The molecule has 25 heavy (non-hydrogen) atoms. The van der Waals surface area contributed by atoms with Crippen molar-refractivity contribution in [1.82, 2.24) is 10.4 Å². The number of benzene rings is 1. The number of carbonyl (C=O) groups is 1. The summed E-state index contributed by atoms with van der Waals surface area (Å²) in [5.41, 5.74) is 6.10. The second-order valence-corrected chi connectivity index (χ2v) is 7.60. The topological polar surface area (TPSA) is 54.4 Å². The fourth-order valence-electron chi connectivity index (χ4n) is 3.15. The molecule has 1 aliphatic rings. The Morgan fingerprint density at radius 2 is 1.96 bits per heavy atom. The second-order valence-electron chi connectivity index (χ2n) is 6.31. The van der Waals surface area contributed by atoms with Crippen LogP contribution in [0.25, 0.3) is 21.5 Å². The number of fused-ring (bicyclic) bond motifs is 1. The number of amides is 1. The van der Waals surface area contributed by atoms with Gasteiger partial charge in [0.1, 0.15) is 0 Å². The van der Waals surface area contributed by atoms with Gasteiger partial charge in [0.25, 0.3) is 5.91 Å². The predicted octanol–water partition coefficient (Wildman–Crippen LogP) is 4.93. The highest BCUT2D eigenvalue weighted by atomic mass is 32.1. The highest BCUT2D eigenvalue weighted by molar-refractivity contribution is 7.15. The molecule has 0 radical (unpaired) electrons. The van der Waals surface area contributed by atoms with Crippen LogP contribution in [0, 0.1) is 6.92 Å². The Bertz CT molecular complexity index is 966. The highest BCUT2D eigenvalue weighted by Gasteiger charge is 2.15. The maximum absolute atomic E-state index is 12.8. The minimum atomic E-state index is -0.174. The third-order valence-electron chi connectivity index (χ3n) is 4.45. The van der Waals surface area contributed by atoms with Crippen molar-refractivity contribution in [2.75, 3.05) is 0 Å². The van der Waals surface area contributed by atoms with E-state index in [0.717, 1.165) is 52.9 Å². The number of nitrogens with one attached hydrogen (secondary N) is 1. The molecular weight excluding hydrogens is 330 g/mol. The molecule has 0 aliphatic heterocycles. The number of aromatic nitrogens is 1. The number of hydrogen-bond donors (Lipinski definition) is 1. The van der Waals surface area contributed by atoms with E-state index in [1.807, 2.05) is 30.3 Å². The molecule has 0 atom stereocenters. The van der Waals surface area contributed by atoms with E-state index < -0.39 is 0 Å². The van der Waals surface area contributed by atoms with Gasteiger partial charge in [-0.25, -0.2) is 10.4 Å². The van der Waals surface area contributed by atoms with Crippen LogP contribution in [-0.2, 0) is 0 Å². The number of para-hydroxylation sites is 1. The first-order chi connectivity index (χ1) is 12.2. The fourth-order valence-corrected chi connectivity index (χ4v) is 3.97. The standard InChI is InChI=1S/C20H19N3OS/c1-13-10-11-19(25-13)18-12-16(15-8-4-5-9-17(15)21-18)20(24)23-22-14-6-2-3-7-14/h4-5,8-12H,2-3,6-7H2,1H3,(H,23,24). The summed E-state index contributed by atoms with van der Waals surface area (Å²) in [4.78, 5) is 19.8. The molecule has 2 heterocycles. The van der Waals surface area contributed by atoms with Crippen LogP contribution in [0.15, 0.2) is 47.6 Å². The Morgan fingerprint density at radius 3 is 2.72 bits per heavy atom. The van der Waals surface area contributed by atoms with E-state index in [2.05, 4.69) is 29.6 Å². The smallest absolute Gasteiger partial charge is 0.267 e. The van der Waals surface area contributed by atoms with Crippen LogP contribution in [0.2, 0.25) is 0 Å². The minimum absolute atomic E-state index is 0.174. The Kier molecular flexibility index (Phi) is 4.32. The summed E-state index contributed by atoms with van der Waals surface area (Å²) in [7, 11) is 0. The van der Waals surface area contributed by atoms with E-state index in [0.29, 0.717) is 5.56 Å². The van der Waals surface area contributed by atoms with Gasteiger partial charge >= 0.3 is 0 Å². The molecule has 0 bridgehead atoms. The molecule has 1 amide bonds. The maximum Gasteiger partial charge on any atom is 0.272 e. The van der Waals surface area contributed by atoms with Crippen molar-refractivity contribution in [1.29, 1.82) is 0 Å². The van der Waals surface area contributed by atoms with E-state index in [1.54, 1.807) is 11.3 Å². The van der Waals surface area contributed by atoms with Crippen molar-refractivity contribution in [2.45, 2.75) is 32.6 Å². The zero-order chi connectivity index (χ0) is 17.2. The average Bonchev–Trinajstić information content (AvgIpc) is 3.30. The number of hydrogen-bond acceptors (Lipinski definition) is 4. The maximum atomic E-state index is 12.8. The first kappa shape index (κ1) is 16.0. The zero-order valence-corrected chi connectivity index (χ0v) is 14.9. The molecule has 1 aromatic carbocycles. The number of rotatable bonds is 3. The van der Waals surface area contributed by atoms with E-state index in [4.69, 9.17) is 4.98 Å². The van der Waals surface area contributed by atoms with Gasteiger partial charge in [-0.3, -0.25) is 4.79 Å². The van der Waals surface area contributed by atoms with Gasteiger partial charge in [-0.15, -0.1) is 11.3 Å². The molecule has 3 aromatic rings. The van der Waals surface area contributed by atoms with Crippen LogP contribution in [0.1, 0.15) is 40.9 Å².